The Hall–Kier alpha value is -1.64. The van der Waals surface area contributed by atoms with Gasteiger partial charge in [0.05, 0.1) is 11.1 Å². The third-order valence-corrected chi connectivity index (χ3v) is 5.99. The molecule has 0 spiro atoms. The van der Waals surface area contributed by atoms with Gasteiger partial charge in [-0.25, -0.2) is 4.98 Å². The number of benzene rings is 1. The minimum atomic E-state index is -0.620. The molecule has 2 aromatic rings. The number of nitrogens with one attached hydrogen (secondary N) is 1. The molecule has 1 atom stereocenters. The minimum absolute atomic E-state index is 0.0695. The molecule has 1 heterocycles. The van der Waals surface area contributed by atoms with Crippen molar-refractivity contribution < 1.29 is 4.79 Å². The van der Waals surface area contributed by atoms with Crippen molar-refractivity contribution in [3.63, 3.8) is 0 Å². The lowest BCUT2D eigenvalue weighted by Gasteiger charge is -2.30. The maximum atomic E-state index is 12.2. The molecular weight excluding hydrogens is 384 g/mol. The Bertz CT molecular complexity index is 786. The standard InChI is InChI=1S/C19H19BrN2OS/c1-4-19(3,14-5-7-15(20)8-6-14)16-11-24-18(21-16)22-17(23)13-9-12(2)10-13/h1,5-8,11-13H,9-10H2,2-3H3,(H,21,22,23). The highest BCUT2D eigenvalue weighted by atomic mass is 79.9. The van der Waals surface area contributed by atoms with Crippen molar-refractivity contribution in [1.82, 2.24) is 4.98 Å². The fourth-order valence-corrected chi connectivity index (χ4v) is 4.06. The van der Waals surface area contributed by atoms with Gasteiger partial charge >= 0.3 is 0 Å². The highest BCUT2D eigenvalue weighted by molar-refractivity contribution is 9.10. The van der Waals surface area contributed by atoms with Gasteiger partial charge in [-0.05, 0) is 43.4 Å². The van der Waals surface area contributed by atoms with E-state index in [-0.39, 0.29) is 11.8 Å². The van der Waals surface area contributed by atoms with Gasteiger partial charge < -0.3 is 5.32 Å². The normalized spacial score (nSPS) is 22.1. The Morgan fingerprint density at radius 1 is 1.42 bits per heavy atom. The van der Waals surface area contributed by atoms with Crippen molar-refractivity contribution in [1.29, 1.82) is 0 Å². The highest BCUT2D eigenvalue weighted by Crippen LogP contribution is 2.36. The second kappa shape index (κ2) is 6.70. The maximum absolute atomic E-state index is 12.2. The van der Waals surface area contributed by atoms with Crippen LogP contribution >= 0.6 is 27.3 Å². The molecule has 0 aliphatic heterocycles. The van der Waals surface area contributed by atoms with Crippen molar-refractivity contribution >= 4 is 38.3 Å². The second-order valence-electron chi connectivity index (χ2n) is 6.58. The molecule has 1 aliphatic rings. The zero-order chi connectivity index (χ0) is 17.3. The molecule has 1 aromatic carbocycles. The van der Waals surface area contributed by atoms with Crippen LogP contribution in [0.1, 0.15) is 37.9 Å². The quantitative estimate of drug-likeness (QED) is 0.743. The van der Waals surface area contributed by atoms with Gasteiger partial charge in [0.25, 0.3) is 0 Å². The van der Waals surface area contributed by atoms with Crippen LogP contribution in [0.5, 0.6) is 0 Å². The third kappa shape index (κ3) is 3.26. The number of rotatable bonds is 4. The monoisotopic (exact) mass is 402 g/mol. The zero-order valence-corrected chi connectivity index (χ0v) is 16.1. The van der Waals surface area contributed by atoms with E-state index >= 15 is 0 Å². The van der Waals surface area contributed by atoms with E-state index in [1.807, 2.05) is 36.6 Å². The van der Waals surface area contributed by atoms with Gasteiger partial charge in [0.15, 0.2) is 5.13 Å². The molecule has 0 saturated heterocycles. The molecule has 1 aromatic heterocycles. The summed E-state index contributed by atoms with van der Waals surface area (Å²) in [5.41, 5.74) is 1.17. The molecule has 24 heavy (non-hydrogen) atoms. The van der Waals surface area contributed by atoms with E-state index in [0.29, 0.717) is 11.0 Å². The molecule has 1 amide bonds. The molecular formula is C19H19BrN2OS. The third-order valence-electron chi connectivity index (χ3n) is 4.70. The van der Waals surface area contributed by atoms with Crippen LogP contribution in [0.15, 0.2) is 34.1 Å². The average Bonchev–Trinajstić information content (AvgIpc) is 3.00. The van der Waals surface area contributed by atoms with E-state index in [1.54, 1.807) is 0 Å². The van der Waals surface area contributed by atoms with Crippen LogP contribution in [-0.2, 0) is 10.2 Å². The van der Waals surface area contributed by atoms with Crippen molar-refractivity contribution in [2.75, 3.05) is 5.32 Å². The predicted molar refractivity (Wildman–Crippen MR) is 102 cm³/mol. The lowest BCUT2D eigenvalue weighted by atomic mass is 9.76. The fourth-order valence-electron chi connectivity index (χ4n) is 2.97. The molecule has 1 unspecified atom stereocenters. The SMILES string of the molecule is C#CC(C)(c1ccc(Br)cc1)c1csc(NC(=O)C2CC(C)C2)n1. The van der Waals surface area contributed by atoms with Crippen LogP contribution in [-0.4, -0.2) is 10.9 Å². The van der Waals surface area contributed by atoms with Gasteiger partial charge in [-0.1, -0.05) is 40.9 Å². The van der Waals surface area contributed by atoms with Gasteiger partial charge in [-0.3, -0.25) is 4.79 Å². The van der Waals surface area contributed by atoms with Crippen molar-refractivity contribution in [3.8, 4) is 12.3 Å². The Morgan fingerprint density at radius 3 is 2.67 bits per heavy atom. The van der Waals surface area contributed by atoms with Crippen LogP contribution in [0.3, 0.4) is 0 Å². The van der Waals surface area contributed by atoms with Gasteiger partial charge in [0.2, 0.25) is 5.91 Å². The summed E-state index contributed by atoms with van der Waals surface area (Å²) in [6.07, 6.45) is 7.76. The number of amides is 1. The maximum Gasteiger partial charge on any atom is 0.229 e. The molecule has 1 N–H and O–H groups in total. The average molecular weight is 403 g/mol. The summed E-state index contributed by atoms with van der Waals surface area (Å²) in [5, 5.41) is 5.48. The summed E-state index contributed by atoms with van der Waals surface area (Å²) in [6, 6.07) is 7.93. The van der Waals surface area contributed by atoms with E-state index in [2.05, 4.69) is 39.1 Å². The smallest absolute Gasteiger partial charge is 0.229 e. The number of nitrogens with zero attached hydrogens (tertiary/aromatic N) is 1. The first kappa shape index (κ1) is 17.2. The number of carbonyl (C=O) groups excluding carboxylic acids is 1. The van der Waals surface area contributed by atoms with Gasteiger partial charge in [0, 0.05) is 15.8 Å². The lowest BCUT2D eigenvalue weighted by Crippen LogP contribution is -2.33. The van der Waals surface area contributed by atoms with E-state index < -0.39 is 5.41 Å². The number of terminal acetylenes is 1. The second-order valence-corrected chi connectivity index (χ2v) is 8.35. The van der Waals surface area contributed by atoms with E-state index in [0.717, 1.165) is 28.6 Å². The number of thiazole rings is 1. The summed E-state index contributed by atoms with van der Waals surface area (Å²) in [5.74, 6) is 3.70. The van der Waals surface area contributed by atoms with E-state index in [9.17, 15) is 4.79 Å². The topological polar surface area (TPSA) is 42.0 Å². The van der Waals surface area contributed by atoms with E-state index in [1.165, 1.54) is 11.3 Å². The molecule has 1 aliphatic carbocycles. The van der Waals surface area contributed by atoms with Crippen LogP contribution < -0.4 is 5.32 Å². The Labute approximate surface area is 155 Å². The summed E-state index contributed by atoms with van der Waals surface area (Å²) in [7, 11) is 0. The summed E-state index contributed by atoms with van der Waals surface area (Å²) in [4.78, 5) is 16.8. The molecule has 5 heteroatoms. The Kier molecular flexibility index (Phi) is 4.80. The zero-order valence-electron chi connectivity index (χ0n) is 13.7. The molecule has 0 radical (unpaired) electrons. The number of hydrogen-bond donors (Lipinski definition) is 1. The Balaban J connectivity index is 1.79. The molecule has 124 valence electrons. The first-order valence-electron chi connectivity index (χ1n) is 7.93. The number of hydrogen-bond acceptors (Lipinski definition) is 3. The number of anilines is 1. The first-order valence-corrected chi connectivity index (χ1v) is 9.60. The summed E-state index contributed by atoms with van der Waals surface area (Å²) >= 11 is 4.86. The lowest BCUT2D eigenvalue weighted by molar-refractivity contribution is -0.123. The molecule has 1 fully saturated rings. The highest BCUT2D eigenvalue weighted by Gasteiger charge is 2.33. The number of halogens is 1. The van der Waals surface area contributed by atoms with Crippen LogP contribution in [0.4, 0.5) is 5.13 Å². The molecule has 1 saturated carbocycles. The summed E-state index contributed by atoms with van der Waals surface area (Å²) < 4.78 is 1.01. The van der Waals surface area contributed by atoms with Crippen molar-refractivity contribution in [2.45, 2.75) is 32.1 Å². The van der Waals surface area contributed by atoms with Gasteiger partial charge in [0.1, 0.15) is 0 Å². The molecule has 3 rings (SSSR count). The van der Waals surface area contributed by atoms with Gasteiger partial charge in [-0.2, -0.15) is 0 Å². The van der Waals surface area contributed by atoms with Crippen LogP contribution in [0.2, 0.25) is 0 Å². The first-order chi connectivity index (χ1) is 11.4. The number of aromatic nitrogens is 1. The molecule has 0 bridgehead atoms. The predicted octanol–water partition coefficient (Wildman–Crippen LogP) is 4.83. The molecule has 3 nitrogen and oxygen atoms in total. The Morgan fingerprint density at radius 2 is 2.08 bits per heavy atom. The minimum Gasteiger partial charge on any atom is -0.302 e. The fraction of sp³-hybridized carbons (Fsp3) is 0.368. The largest absolute Gasteiger partial charge is 0.302 e. The van der Waals surface area contributed by atoms with Crippen molar-refractivity contribution in [2.24, 2.45) is 11.8 Å². The van der Waals surface area contributed by atoms with Crippen molar-refractivity contribution in [3.05, 3.63) is 45.4 Å². The number of carbonyl (C=O) groups is 1. The van der Waals surface area contributed by atoms with Crippen LogP contribution in [0, 0.1) is 24.2 Å². The summed E-state index contributed by atoms with van der Waals surface area (Å²) in [6.45, 7) is 4.15. The van der Waals surface area contributed by atoms with Gasteiger partial charge in [-0.15, -0.1) is 17.8 Å². The van der Waals surface area contributed by atoms with Crippen LogP contribution in [0.25, 0.3) is 0 Å². The van der Waals surface area contributed by atoms with E-state index in [4.69, 9.17) is 6.42 Å².